The van der Waals surface area contributed by atoms with Crippen LogP contribution in [0.15, 0.2) is 41.3 Å². The number of nitrogens with zero attached hydrogens (tertiary/aromatic N) is 1. The van der Waals surface area contributed by atoms with Crippen molar-refractivity contribution < 1.29 is 17.9 Å². The maximum absolute atomic E-state index is 13.2. The van der Waals surface area contributed by atoms with Crippen molar-refractivity contribution in [1.82, 2.24) is 4.90 Å². The molecule has 0 saturated carbocycles. The van der Waals surface area contributed by atoms with Gasteiger partial charge < -0.3 is 15.0 Å². The summed E-state index contributed by atoms with van der Waals surface area (Å²) in [6, 6.07) is 11.1. The third-order valence-electron chi connectivity index (χ3n) is 7.81. The van der Waals surface area contributed by atoms with E-state index < -0.39 is 10.0 Å². The van der Waals surface area contributed by atoms with Crippen LogP contribution in [0, 0.1) is 25.7 Å². The normalized spacial score (nSPS) is 24.8. The lowest BCUT2D eigenvalue weighted by Gasteiger charge is -2.43. The second-order valence-electron chi connectivity index (χ2n) is 9.91. The van der Waals surface area contributed by atoms with E-state index in [4.69, 9.17) is 4.74 Å². The van der Waals surface area contributed by atoms with Gasteiger partial charge in [0.25, 0.3) is 10.0 Å². The summed E-state index contributed by atoms with van der Waals surface area (Å²) in [7, 11) is -3.72. The van der Waals surface area contributed by atoms with Crippen LogP contribution in [0.1, 0.15) is 49.0 Å². The van der Waals surface area contributed by atoms with Gasteiger partial charge in [-0.15, -0.1) is 0 Å². The van der Waals surface area contributed by atoms with Gasteiger partial charge in [-0.3, -0.25) is 9.52 Å². The smallest absolute Gasteiger partial charge is 0.261 e. The van der Waals surface area contributed by atoms with Crippen LogP contribution in [0.3, 0.4) is 0 Å². The number of fused-ring (bicyclic) bond motifs is 3. The number of benzene rings is 2. The molecule has 182 valence electrons. The average Bonchev–Trinajstić information content (AvgIpc) is 3.31. The summed E-state index contributed by atoms with van der Waals surface area (Å²) in [6.45, 7) is 7.88. The van der Waals surface area contributed by atoms with Crippen LogP contribution in [0.25, 0.3) is 0 Å². The van der Waals surface area contributed by atoms with E-state index in [-0.39, 0.29) is 22.9 Å². The van der Waals surface area contributed by atoms with Crippen LogP contribution in [0.5, 0.6) is 0 Å². The largest absolute Gasteiger partial charge is 0.381 e. The number of carbonyl (C=O) groups excluding carboxylic acids is 1. The Balaban J connectivity index is 1.38. The topological polar surface area (TPSA) is 87.7 Å². The van der Waals surface area contributed by atoms with Gasteiger partial charge in [0, 0.05) is 55.5 Å². The number of hydrogen-bond acceptors (Lipinski definition) is 5. The molecule has 0 radical (unpaired) electrons. The Kier molecular flexibility index (Phi) is 6.06. The quantitative estimate of drug-likeness (QED) is 0.679. The summed E-state index contributed by atoms with van der Waals surface area (Å²) in [5, 5.41) is 3.73. The maximum atomic E-state index is 13.2. The highest BCUT2D eigenvalue weighted by molar-refractivity contribution is 7.92. The fourth-order valence-corrected chi connectivity index (χ4v) is 6.80. The van der Waals surface area contributed by atoms with Crippen molar-refractivity contribution in [2.75, 3.05) is 29.7 Å². The van der Waals surface area contributed by atoms with E-state index in [0.29, 0.717) is 24.1 Å². The first-order valence-electron chi connectivity index (χ1n) is 12.1. The molecule has 3 aliphatic rings. The van der Waals surface area contributed by atoms with Crippen molar-refractivity contribution in [2.45, 2.75) is 57.1 Å². The molecule has 3 heterocycles. The average molecular weight is 484 g/mol. The second-order valence-corrected chi connectivity index (χ2v) is 11.6. The molecule has 5 rings (SSSR count). The molecule has 0 aliphatic carbocycles. The van der Waals surface area contributed by atoms with Crippen molar-refractivity contribution >= 4 is 27.3 Å². The molecule has 3 atom stereocenters. The first-order valence-corrected chi connectivity index (χ1v) is 13.6. The number of amides is 1. The van der Waals surface area contributed by atoms with Gasteiger partial charge in [-0.25, -0.2) is 8.42 Å². The first kappa shape index (κ1) is 23.2. The Morgan fingerprint density at radius 1 is 1.06 bits per heavy atom. The minimum atomic E-state index is -3.72. The van der Waals surface area contributed by atoms with Crippen molar-refractivity contribution in [3.8, 4) is 0 Å². The van der Waals surface area contributed by atoms with Gasteiger partial charge in [-0.2, -0.15) is 0 Å². The van der Waals surface area contributed by atoms with Crippen molar-refractivity contribution in [3.05, 3.63) is 53.1 Å². The third kappa shape index (κ3) is 4.29. The highest BCUT2D eigenvalue weighted by atomic mass is 32.2. The molecule has 2 fully saturated rings. The SMILES string of the molecule is CC(=O)N1CCC([C@@H]2Nc3ccc(S(=O)(=O)Nc4ccc(C)c(C)c4)cc3C3OCCC32)CC1. The number of carbonyl (C=O) groups is 1. The lowest BCUT2D eigenvalue weighted by molar-refractivity contribution is -0.130. The van der Waals surface area contributed by atoms with Crippen LogP contribution in [-0.4, -0.2) is 45.0 Å². The molecule has 0 aromatic heterocycles. The van der Waals surface area contributed by atoms with E-state index in [1.807, 2.05) is 36.9 Å². The number of hydrogen-bond donors (Lipinski definition) is 2. The first-order chi connectivity index (χ1) is 16.2. The van der Waals surface area contributed by atoms with Gasteiger partial charge in [0.15, 0.2) is 0 Å². The summed E-state index contributed by atoms with van der Waals surface area (Å²) in [4.78, 5) is 13.9. The van der Waals surface area contributed by atoms with E-state index in [2.05, 4.69) is 10.0 Å². The molecule has 2 saturated heterocycles. The van der Waals surface area contributed by atoms with Crippen LogP contribution < -0.4 is 10.0 Å². The van der Waals surface area contributed by atoms with Crippen LogP contribution in [-0.2, 0) is 19.6 Å². The Labute approximate surface area is 201 Å². The number of aryl methyl sites for hydroxylation is 2. The van der Waals surface area contributed by atoms with Crippen molar-refractivity contribution in [1.29, 1.82) is 0 Å². The van der Waals surface area contributed by atoms with Crippen LogP contribution in [0.4, 0.5) is 11.4 Å². The molecular formula is C26H33N3O4S. The fourth-order valence-electron chi connectivity index (χ4n) is 5.72. The Bertz CT molecular complexity index is 1200. The van der Waals surface area contributed by atoms with Crippen LogP contribution in [0.2, 0.25) is 0 Å². The molecule has 1 amide bonds. The van der Waals surface area contributed by atoms with E-state index in [1.54, 1.807) is 25.1 Å². The molecular weight excluding hydrogens is 450 g/mol. The molecule has 2 aromatic rings. The minimum Gasteiger partial charge on any atom is -0.381 e. The molecule has 3 aliphatic heterocycles. The summed E-state index contributed by atoms with van der Waals surface area (Å²) in [5.41, 5.74) is 4.59. The number of likely N-dealkylation sites (tertiary alicyclic amines) is 1. The van der Waals surface area contributed by atoms with Gasteiger partial charge in [-0.05, 0) is 80.5 Å². The predicted molar refractivity (Wildman–Crippen MR) is 132 cm³/mol. The summed E-state index contributed by atoms with van der Waals surface area (Å²) < 4.78 is 35.2. The van der Waals surface area contributed by atoms with Gasteiger partial charge in [-0.1, -0.05) is 6.07 Å². The zero-order chi connectivity index (χ0) is 24.0. The number of ether oxygens (including phenoxy) is 1. The Morgan fingerprint density at radius 2 is 1.82 bits per heavy atom. The van der Waals surface area contributed by atoms with Crippen molar-refractivity contribution in [3.63, 3.8) is 0 Å². The van der Waals surface area contributed by atoms with Gasteiger partial charge in [0.2, 0.25) is 5.91 Å². The van der Waals surface area contributed by atoms with Crippen LogP contribution >= 0.6 is 0 Å². The highest BCUT2D eigenvalue weighted by Gasteiger charge is 2.44. The number of nitrogens with one attached hydrogen (secondary N) is 2. The van der Waals surface area contributed by atoms with E-state index in [9.17, 15) is 13.2 Å². The molecule has 8 heteroatoms. The molecule has 0 bridgehead atoms. The number of piperidine rings is 1. The number of rotatable bonds is 4. The zero-order valence-electron chi connectivity index (χ0n) is 20.0. The van der Waals surface area contributed by atoms with Gasteiger partial charge in [0.05, 0.1) is 11.0 Å². The van der Waals surface area contributed by atoms with E-state index >= 15 is 0 Å². The molecule has 2 N–H and O–H groups in total. The Hall–Kier alpha value is -2.58. The zero-order valence-corrected chi connectivity index (χ0v) is 20.8. The summed E-state index contributed by atoms with van der Waals surface area (Å²) >= 11 is 0. The molecule has 0 spiro atoms. The molecule has 7 nitrogen and oxygen atoms in total. The standard InChI is InChI=1S/C26H33N3O4S/c1-16-4-5-20(14-17(16)2)28-34(31,32)21-6-7-24-23(15-21)26-22(10-13-33-26)25(27-24)19-8-11-29(12-9-19)18(3)30/h4-7,14-15,19,22,25-28H,8-13H2,1-3H3/t22?,25-,26?/m0/s1. The van der Waals surface area contributed by atoms with Crippen molar-refractivity contribution in [2.24, 2.45) is 11.8 Å². The number of sulfonamides is 1. The monoisotopic (exact) mass is 483 g/mol. The van der Waals surface area contributed by atoms with E-state index in [0.717, 1.165) is 54.7 Å². The van der Waals surface area contributed by atoms with E-state index in [1.165, 1.54) is 0 Å². The van der Waals surface area contributed by atoms with Gasteiger partial charge >= 0.3 is 0 Å². The summed E-state index contributed by atoms with van der Waals surface area (Å²) in [6.07, 6.45) is 2.79. The minimum absolute atomic E-state index is 0.108. The second kappa shape index (κ2) is 8.89. The highest BCUT2D eigenvalue weighted by Crippen LogP contribution is 2.48. The maximum Gasteiger partial charge on any atom is 0.261 e. The molecule has 34 heavy (non-hydrogen) atoms. The molecule has 2 unspecified atom stereocenters. The predicted octanol–water partition coefficient (Wildman–Crippen LogP) is 4.23. The lowest BCUT2D eigenvalue weighted by Crippen LogP contribution is -2.47. The third-order valence-corrected chi connectivity index (χ3v) is 9.19. The lowest BCUT2D eigenvalue weighted by atomic mass is 9.75. The van der Waals surface area contributed by atoms with Gasteiger partial charge in [0.1, 0.15) is 0 Å². The summed E-state index contributed by atoms with van der Waals surface area (Å²) in [5.74, 6) is 0.908. The fraction of sp³-hybridized carbons (Fsp3) is 0.500. The Morgan fingerprint density at radius 3 is 2.53 bits per heavy atom. The molecule has 2 aromatic carbocycles. The number of anilines is 2.